The van der Waals surface area contributed by atoms with E-state index in [0.717, 1.165) is 12.1 Å². The first-order chi connectivity index (χ1) is 8.35. The van der Waals surface area contributed by atoms with Crippen molar-refractivity contribution in [1.82, 2.24) is 0 Å². The van der Waals surface area contributed by atoms with Crippen LogP contribution >= 0.6 is 39.1 Å². The van der Waals surface area contributed by atoms with Crippen LogP contribution < -0.4 is 4.72 Å². The molecule has 1 aromatic rings. The van der Waals surface area contributed by atoms with Gasteiger partial charge in [0.15, 0.2) is 0 Å². The van der Waals surface area contributed by atoms with Gasteiger partial charge in [0, 0.05) is 10.4 Å². The van der Waals surface area contributed by atoms with Crippen molar-refractivity contribution in [2.45, 2.75) is 12.8 Å². The van der Waals surface area contributed by atoms with Gasteiger partial charge in [-0.05, 0) is 40.9 Å². The van der Waals surface area contributed by atoms with E-state index in [1.807, 2.05) is 0 Å². The van der Waals surface area contributed by atoms with Crippen LogP contribution in [0.5, 0.6) is 0 Å². The second kappa shape index (κ2) is 6.93. The second-order valence-electron chi connectivity index (χ2n) is 3.56. The molecule has 0 radical (unpaired) electrons. The van der Waals surface area contributed by atoms with Gasteiger partial charge in [-0.25, -0.2) is 12.8 Å². The summed E-state index contributed by atoms with van der Waals surface area (Å²) in [6.07, 6.45) is 1.07. The molecule has 1 rings (SSSR count). The largest absolute Gasteiger partial charge is 0.281 e. The number of nitrogens with one attached hydrogen (secondary N) is 1. The van der Waals surface area contributed by atoms with E-state index in [0.29, 0.717) is 18.7 Å². The van der Waals surface area contributed by atoms with E-state index in [-0.39, 0.29) is 20.9 Å². The van der Waals surface area contributed by atoms with Crippen LogP contribution in [0.25, 0.3) is 0 Å². The van der Waals surface area contributed by atoms with Crippen LogP contribution in [-0.4, -0.2) is 20.1 Å². The third-order valence-electron chi connectivity index (χ3n) is 2.06. The summed E-state index contributed by atoms with van der Waals surface area (Å²) >= 11 is 14.3. The van der Waals surface area contributed by atoms with Crippen molar-refractivity contribution in [1.29, 1.82) is 0 Å². The Balaban J connectivity index is 2.84. The zero-order chi connectivity index (χ0) is 13.8. The Kier molecular flexibility index (Phi) is 6.17. The molecule has 0 aliphatic rings. The SMILES string of the molecule is O=S(=O)(CCCCCl)Nc1c(Cl)cc(F)cc1Br. The predicted octanol–water partition coefficient (Wildman–Crippen LogP) is 4.00. The van der Waals surface area contributed by atoms with E-state index >= 15 is 0 Å². The second-order valence-corrected chi connectivity index (χ2v) is 7.04. The van der Waals surface area contributed by atoms with Crippen molar-refractivity contribution in [2.24, 2.45) is 0 Å². The predicted molar refractivity (Wildman–Crippen MR) is 76.5 cm³/mol. The first-order valence-electron chi connectivity index (χ1n) is 5.07. The lowest BCUT2D eigenvalue weighted by Gasteiger charge is -2.11. The molecule has 0 bridgehead atoms. The molecule has 3 nitrogen and oxygen atoms in total. The summed E-state index contributed by atoms with van der Waals surface area (Å²) in [7, 11) is -3.51. The van der Waals surface area contributed by atoms with Crippen LogP contribution in [0.3, 0.4) is 0 Å². The van der Waals surface area contributed by atoms with Crippen molar-refractivity contribution >= 4 is 54.8 Å². The Morgan fingerprint density at radius 1 is 1.33 bits per heavy atom. The van der Waals surface area contributed by atoms with Gasteiger partial charge in [-0.1, -0.05) is 11.6 Å². The van der Waals surface area contributed by atoms with Crippen LogP contribution in [0.1, 0.15) is 12.8 Å². The molecule has 0 spiro atoms. The lowest BCUT2D eigenvalue weighted by atomic mass is 10.3. The van der Waals surface area contributed by atoms with E-state index in [1.165, 1.54) is 0 Å². The number of hydrogen-bond acceptors (Lipinski definition) is 2. The standard InChI is InChI=1S/C10H11BrCl2FNO2S/c11-8-5-7(14)6-9(13)10(8)15-18(16,17)4-2-1-3-12/h5-6,15H,1-4H2. The van der Waals surface area contributed by atoms with Gasteiger partial charge in [0.2, 0.25) is 10.0 Å². The summed E-state index contributed by atoms with van der Waals surface area (Å²) in [6.45, 7) is 0. The molecule has 0 heterocycles. The van der Waals surface area contributed by atoms with Crippen LogP contribution in [0.2, 0.25) is 5.02 Å². The first kappa shape index (κ1) is 16.0. The Morgan fingerprint density at radius 3 is 2.56 bits per heavy atom. The molecule has 0 aliphatic heterocycles. The van der Waals surface area contributed by atoms with E-state index < -0.39 is 15.8 Å². The average molecular weight is 379 g/mol. The lowest BCUT2D eigenvalue weighted by Crippen LogP contribution is -2.17. The molecule has 0 aromatic heterocycles. The van der Waals surface area contributed by atoms with Crippen molar-refractivity contribution in [3.63, 3.8) is 0 Å². The molecule has 1 aromatic carbocycles. The summed E-state index contributed by atoms with van der Waals surface area (Å²) in [6, 6.07) is 2.19. The highest BCUT2D eigenvalue weighted by atomic mass is 79.9. The topological polar surface area (TPSA) is 46.2 Å². The summed E-state index contributed by atoms with van der Waals surface area (Å²) in [5, 5.41) is 0.00259. The third kappa shape index (κ3) is 4.91. The number of halogens is 4. The number of rotatable bonds is 6. The van der Waals surface area contributed by atoms with Gasteiger partial charge < -0.3 is 0 Å². The molecule has 0 unspecified atom stereocenters. The Hall–Kier alpha value is -0.0400. The number of alkyl halides is 1. The molecular formula is C10H11BrCl2FNO2S. The number of sulfonamides is 1. The van der Waals surface area contributed by atoms with Gasteiger partial charge in [0.05, 0.1) is 16.5 Å². The number of hydrogen-bond donors (Lipinski definition) is 1. The molecule has 0 atom stereocenters. The zero-order valence-electron chi connectivity index (χ0n) is 9.22. The molecule has 0 saturated heterocycles. The van der Waals surface area contributed by atoms with Gasteiger partial charge in [0.1, 0.15) is 5.82 Å². The monoisotopic (exact) mass is 377 g/mol. The third-order valence-corrected chi connectivity index (χ3v) is 4.59. The number of anilines is 1. The van der Waals surface area contributed by atoms with Crippen LogP contribution in [0.15, 0.2) is 16.6 Å². The number of benzene rings is 1. The van der Waals surface area contributed by atoms with Crippen molar-refractivity contribution < 1.29 is 12.8 Å². The Labute approximate surface area is 124 Å². The van der Waals surface area contributed by atoms with Gasteiger partial charge in [-0.2, -0.15) is 0 Å². The minimum absolute atomic E-state index is 0.00259. The highest BCUT2D eigenvalue weighted by Crippen LogP contribution is 2.32. The molecule has 8 heteroatoms. The van der Waals surface area contributed by atoms with E-state index in [9.17, 15) is 12.8 Å². The number of unbranched alkanes of at least 4 members (excludes halogenated alkanes) is 1. The fraction of sp³-hybridized carbons (Fsp3) is 0.400. The van der Waals surface area contributed by atoms with Gasteiger partial charge in [0.25, 0.3) is 0 Å². The maximum atomic E-state index is 13.0. The highest BCUT2D eigenvalue weighted by Gasteiger charge is 2.15. The van der Waals surface area contributed by atoms with Crippen LogP contribution in [-0.2, 0) is 10.0 Å². The van der Waals surface area contributed by atoms with E-state index in [4.69, 9.17) is 23.2 Å². The maximum Gasteiger partial charge on any atom is 0.232 e. The minimum Gasteiger partial charge on any atom is -0.281 e. The molecule has 0 aliphatic carbocycles. The fourth-order valence-electron chi connectivity index (χ4n) is 1.23. The Morgan fingerprint density at radius 2 is 2.00 bits per heavy atom. The first-order valence-corrected chi connectivity index (χ1v) is 8.42. The molecule has 0 fully saturated rings. The average Bonchev–Trinajstić information content (AvgIpc) is 2.23. The molecule has 1 N–H and O–H groups in total. The molecular weight excluding hydrogens is 368 g/mol. The van der Waals surface area contributed by atoms with Crippen LogP contribution in [0, 0.1) is 5.82 Å². The summed E-state index contributed by atoms with van der Waals surface area (Å²) in [4.78, 5) is 0. The quantitative estimate of drug-likeness (QED) is 0.600. The van der Waals surface area contributed by atoms with Crippen molar-refractivity contribution in [3.8, 4) is 0 Å². The van der Waals surface area contributed by atoms with Gasteiger partial charge in [-0.15, -0.1) is 11.6 Å². The van der Waals surface area contributed by atoms with E-state index in [1.54, 1.807) is 0 Å². The zero-order valence-corrected chi connectivity index (χ0v) is 13.1. The molecule has 102 valence electrons. The normalized spacial score (nSPS) is 11.6. The summed E-state index contributed by atoms with van der Waals surface area (Å²) in [5.74, 6) is -0.187. The summed E-state index contributed by atoms with van der Waals surface area (Å²) in [5.41, 5.74) is 0.143. The maximum absolute atomic E-state index is 13.0. The summed E-state index contributed by atoms with van der Waals surface area (Å²) < 4.78 is 39.0. The fourth-order valence-corrected chi connectivity index (χ4v) is 3.73. The molecule has 0 amide bonds. The highest BCUT2D eigenvalue weighted by molar-refractivity contribution is 9.10. The Bertz CT molecular complexity index is 502. The minimum atomic E-state index is -3.51. The smallest absolute Gasteiger partial charge is 0.232 e. The lowest BCUT2D eigenvalue weighted by molar-refractivity contribution is 0.597. The molecule has 18 heavy (non-hydrogen) atoms. The van der Waals surface area contributed by atoms with Crippen LogP contribution in [0.4, 0.5) is 10.1 Å². The molecule has 0 saturated carbocycles. The van der Waals surface area contributed by atoms with Crippen molar-refractivity contribution in [2.75, 3.05) is 16.4 Å². The van der Waals surface area contributed by atoms with Crippen molar-refractivity contribution in [3.05, 3.63) is 27.4 Å². The van der Waals surface area contributed by atoms with Gasteiger partial charge in [-0.3, -0.25) is 4.72 Å². The van der Waals surface area contributed by atoms with Gasteiger partial charge >= 0.3 is 0 Å². The van der Waals surface area contributed by atoms with E-state index in [2.05, 4.69) is 20.7 Å².